The normalized spacial score (nSPS) is 20.3. The van der Waals surface area contributed by atoms with Gasteiger partial charge in [-0.1, -0.05) is 26.0 Å². The molecule has 2 unspecified atom stereocenters. The SMILES string of the molecule is COc1cc(-c2cc(C(=O)N3CCC(C(N)=O)CC3Cc3ccc4c(c3)C(C)(C)CN4)[nH]n2)c(F)cn1. The molecule has 0 spiro atoms. The summed E-state index contributed by atoms with van der Waals surface area (Å²) < 4.78 is 19.5. The number of fused-ring (bicyclic) bond motifs is 1. The lowest BCUT2D eigenvalue weighted by atomic mass is 9.83. The molecular formula is C27H31FN6O3. The van der Waals surface area contributed by atoms with Crippen molar-refractivity contribution in [2.45, 2.75) is 44.6 Å². The summed E-state index contributed by atoms with van der Waals surface area (Å²) in [5.74, 6) is -1.22. The summed E-state index contributed by atoms with van der Waals surface area (Å²) >= 11 is 0. The Bertz CT molecular complexity index is 1350. The number of pyridine rings is 1. The second-order valence-electron chi connectivity index (χ2n) is 10.5. The number of carbonyl (C=O) groups is 2. The van der Waals surface area contributed by atoms with E-state index in [0.717, 1.165) is 24.0 Å². The van der Waals surface area contributed by atoms with E-state index in [0.29, 0.717) is 25.8 Å². The topological polar surface area (TPSA) is 126 Å². The van der Waals surface area contributed by atoms with Gasteiger partial charge in [0.2, 0.25) is 11.8 Å². The fraction of sp³-hybridized carbons (Fsp3) is 0.407. The molecule has 2 aliphatic rings. The quantitative estimate of drug-likeness (QED) is 0.471. The predicted octanol–water partition coefficient (Wildman–Crippen LogP) is 3.27. The van der Waals surface area contributed by atoms with Crippen LogP contribution in [0.5, 0.6) is 5.88 Å². The van der Waals surface area contributed by atoms with Crippen molar-refractivity contribution in [2.24, 2.45) is 11.7 Å². The zero-order valence-electron chi connectivity index (χ0n) is 21.2. The average molecular weight is 507 g/mol. The van der Waals surface area contributed by atoms with Crippen molar-refractivity contribution in [3.05, 3.63) is 59.2 Å². The minimum absolute atomic E-state index is 0.0143. The number of hydrogen-bond donors (Lipinski definition) is 3. The van der Waals surface area contributed by atoms with Gasteiger partial charge in [-0.25, -0.2) is 9.37 Å². The molecule has 4 heterocycles. The second-order valence-corrected chi connectivity index (χ2v) is 10.5. The number of amides is 2. The van der Waals surface area contributed by atoms with Crippen LogP contribution in [0.15, 0.2) is 36.5 Å². The molecule has 37 heavy (non-hydrogen) atoms. The van der Waals surface area contributed by atoms with Crippen molar-refractivity contribution in [3.63, 3.8) is 0 Å². The number of benzene rings is 1. The smallest absolute Gasteiger partial charge is 0.272 e. The second kappa shape index (κ2) is 9.49. The Balaban J connectivity index is 1.41. The number of aromatic nitrogens is 3. The van der Waals surface area contributed by atoms with Crippen LogP contribution in [-0.2, 0) is 16.6 Å². The van der Waals surface area contributed by atoms with E-state index in [2.05, 4.69) is 52.5 Å². The average Bonchev–Trinajstić information content (AvgIpc) is 3.49. The molecule has 9 nitrogen and oxygen atoms in total. The number of anilines is 1. The Kier molecular flexibility index (Phi) is 6.35. The monoisotopic (exact) mass is 506 g/mol. The summed E-state index contributed by atoms with van der Waals surface area (Å²) in [6, 6.07) is 9.08. The lowest BCUT2D eigenvalue weighted by Crippen LogP contribution is -2.49. The van der Waals surface area contributed by atoms with Crippen LogP contribution in [0.2, 0.25) is 0 Å². The molecule has 0 bridgehead atoms. The highest BCUT2D eigenvalue weighted by Gasteiger charge is 2.36. The summed E-state index contributed by atoms with van der Waals surface area (Å²) in [6.07, 6.45) is 2.63. The number of nitrogens with zero attached hydrogens (tertiary/aromatic N) is 3. The summed E-state index contributed by atoms with van der Waals surface area (Å²) in [4.78, 5) is 31.3. The Morgan fingerprint density at radius 1 is 1.27 bits per heavy atom. The number of ether oxygens (including phenoxy) is 1. The van der Waals surface area contributed by atoms with Crippen LogP contribution >= 0.6 is 0 Å². The summed E-state index contributed by atoms with van der Waals surface area (Å²) in [7, 11) is 1.44. The minimum Gasteiger partial charge on any atom is -0.481 e. The molecule has 0 aliphatic carbocycles. The van der Waals surface area contributed by atoms with E-state index in [1.54, 1.807) is 4.90 Å². The van der Waals surface area contributed by atoms with Gasteiger partial charge in [-0.3, -0.25) is 14.7 Å². The van der Waals surface area contributed by atoms with Gasteiger partial charge in [0.25, 0.3) is 5.91 Å². The lowest BCUT2D eigenvalue weighted by Gasteiger charge is -2.38. The first-order valence-corrected chi connectivity index (χ1v) is 12.4. The van der Waals surface area contributed by atoms with Gasteiger partial charge in [0.05, 0.1) is 19.0 Å². The van der Waals surface area contributed by atoms with Crippen LogP contribution in [0, 0.1) is 11.7 Å². The highest BCUT2D eigenvalue weighted by molar-refractivity contribution is 5.94. The molecule has 10 heteroatoms. The number of nitrogens with one attached hydrogen (secondary N) is 2. The van der Waals surface area contributed by atoms with Crippen molar-refractivity contribution < 1.29 is 18.7 Å². The van der Waals surface area contributed by atoms with Gasteiger partial charge < -0.3 is 20.7 Å². The van der Waals surface area contributed by atoms with E-state index in [1.165, 1.54) is 24.8 Å². The molecule has 0 saturated carbocycles. The molecule has 2 atom stereocenters. The standard InChI is InChI=1S/C27H31FN6O3/c1-27(2)14-31-21-5-4-15(9-19(21)27)8-17-10-16(25(29)35)6-7-34(17)26(36)23-12-22(32-33-23)18-11-24(37-3)30-13-20(18)28/h4-5,9,11-13,16-17,31H,6-8,10,14H2,1-3H3,(H2,29,35)(H,32,33). The molecule has 1 aromatic carbocycles. The molecule has 4 N–H and O–H groups in total. The third-order valence-corrected chi connectivity index (χ3v) is 7.51. The zero-order valence-corrected chi connectivity index (χ0v) is 21.2. The lowest BCUT2D eigenvalue weighted by molar-refractivity contribution is -0.123. The van der Waals surface area contributed by atoms with Gasteiger partial charge in [-0.15, -0.1) is 0 Å². The molecule has 2 amide bonds. The Labute approximate surface area is 214 Å². The van der Waals surface area contributed by atoms with Gasteiger partial charge in [-0.2, -0.15) is 5.10 Å². The maximum Gasteiger partial charge on any atom is 0.272 e. The highest BCUT2D eigenvalue weighted by atomic mass is 19.1. The number of likely N-dealkylation sites (tertiary alicyclic amines) is 1. The van der Waals surface area contributed by atoms with Gasteiger partial charge in [0, 0.05) is 47.8 Å². The molecule has 0 radical (unpaired) electrons. The third kappa shape index (κ3) is 4.75. The van der Waals surface area contributed by atoms with Crippen LogP contribution in [0.25, 0.3) is 11.3 Å². The number of carbonyl (C=O) groups excluding carboxylic acids is 2. The zero-order chi connectivity index (χ0) is 26.3. The van der Waals surface area contributed by atoms with Crippen molar-refractivity contribution in [2.75, 3.05) is 25.5 Å². The van der Waals surface area contributed by atoms with Gasteiger partial charge >= 0.3 is 0 Å². The molecule has 3 aromatic rings. The van der Waals surface area contributed by atoms with Crippen LogP contribution in [0.3, 0.4) is 0 Å². The van der Waals surface area contributed by atoms with E-state index in [9.17, 15) is 14.0 Å². The number of hydrogen-bond acceptors (Lipinski definition) is 6. The van der Waals surface area contributed by atoms with E-state index in [4.69, 9.17) is 10.5 Å². The van der Waals surface area contributed by atoms with E-state index >= 15 is 0 Å². The number of piperidine rings is 1. The first-order chi connectivity index (χ1) is 17.7. The predicted molar refractivity (Wildman–Crippen MR) is 137 cm³/mol. The number of primary amides is 1. The summed E-state index contributed by atoms with van der Waals surface area (Å²) in [6.45, 7) is 5.66. The molecule has 2 aromatic heterocycles. The largest absolute Gasteiger partial charge is 0.481 e. The van der Waals surface area contributed by atoms with Crippen LogP contribution in [-0.4, -0.2) is 58.1 Å². The Morgan fingerprint density at radius 2 is 2.08 bits per heavy atom. The highest BCUT2D eigenvalue weighted by Crippen LogP contribution is 2.37. The van der Waals surface area contributed by atoms with Crippen LogP contribution in [0.1, 0.15) is 48.3 Å². The fourth-order valence-electron chi connectivity index (χ4n) is 5.34. The maximum atomic E-state index is 14.4. The van der Waals surface area contributed by atoms with Crippen molar-refractivity contribution in [1.29, 1.82) is 0 Å². The molecule has 5 rings (SSSR count). The van der Waals surface area contributed by atoms with Gasteiger partial charge in [0.1, 0.15) is 5.69 Å². The molecule has 2 aliphatic heterocycles. The van der Waals surface area contributed by atoms with Gasteiger partial charge in [-0.05, 0) is 42.5 Å². The van der Waals surface area contributed by atoms with Crippen molar-refractivity contribution in [3.8, 4) is 17.1 Å². The van der Waals surface area contributed by atoms with Crippen LogP contribution in [0.4, 0.5) is 10.1 Å². The Hall–Kier alpha value is -3.95. The number of H-pyrrole nitrogens is 1. The number of aromatic amines is 1. The van der Waals surface area contributed by atoms with Crippen LogP contribution < -0.4 is 15.8 Å². The Morgan fingerprint density at radius 3 is 2.84 bits per heavy atom. The van der Waals surface area contributed by atoms with E-state index < -0.39 is 5.82 Å². The number of methoxy groups -OCH3 is 1. The minimum atomic E-state index is -0.569. The molecule has 1 fully saturated rings. The maximum absolute atomic E-state index is 14.4. The summed E-state index contributed by atoms with van der Waals surface area (Å²) in [5.41, 5.74) is 9.84. The molecule has 1 saturated heterocycles. The molecule has 194 valence electrons. The number of halogens is 1. The van der Waals surface area contributed by atoms with Crippen molar-refractivity contribution in [1.82, 2.24) is 20.1 Å². The summed E-state index contributed by atoms with van der Waals surface area (Å²) in [5, 5.41) is 10.4. The first kappa shape index (κ1) is 24.7. The fourth-order valence-corrected chi connectivity index (χ4v) is 5.34. The van der Waals surface area contributed by atoms with E-state index in [-0.39, 0.29) is 52.0 Å². The molecular weight excluding hydrogens is 475 g/mol. The third-order valence-electron chi connectivity index (χ3n) is 7.51. The van der Waals surface area contributed by atoms with Crippen molar-refractivity contribution >= 4 is 17.5 Å². The number of nitrogens with two attached hydrogens (primary N) is 1. The van der Waals surface area contributed by atoms with E-state index in [1.807, 2.05) is 0 Å². The first-order valence-electron chi connectivity index (χ1n) is 12.4. The van der Waals surface area contributed by atoms with Gasteiger partial charge in [0.15, 0.2) is 5.82 Å². The number of rotatable bonds is 6.